The zero-order valence-corrected chi connectivity index (χ0v) is 17.4. The smallest absolute Gasteiger partial charge is 0.228 e. The van der Waals surface area contributed by atoms with Crippen LogP contribution in [0, 0.1) is 5.41 Å². The van der Waals surface area contributed by atoms with Crippen molar-refractivity contribution in [2.24, 2.45) is 0 Å². The summed E-state index contributed by atoms with van der Waals surface area (Å²) in [5.41, 5.74) is 6.52. The molecule has 0 aliphatic heterocycles. The number of hydrogen-bond donors (Lipinski definition) is 2. The predicted molar refractivity (Wildman–Crippen MR) is 125 cm³/mol. The summed E-state index contributed by atoms with van der Waals surface area (Å²) < 4.78 is 0. The Bertz CT molecular complexity index is 1220. The van der Waals surface area contributed by atoms with Gasteiger partial charge in [0.2, 0.25) is 5.91 Å². The minimum atomic E-state index is -0.0398. The number of nitrogens with zero attached hydrogens (tertiary/aromatic N) is 2. The van der Waals surface area contributed by atoms with Crippen molar-refractivity contribution in [3.8, 4) is 11.1 Å². The molecule has 4 rings (SSSR count). The second-order valence-electron chi connectivity index (χ2n) is 7.48. The summed E-state index contributed by atoms with van der Waals surface area (Å²) in [6.07, 6.45) is 3.62. The molecule has 1 heterocycles. The molecule has 31 heavy (non-hydrogen) atoms. The van der Waals surface area contributed by atoms with Crippen LogP contribution in [0.3, 0.4) is 0 Å². The molecule has 4 aromatic rings. The first-order valence-electron chi connectivity index (χ1n) is 10.4. The summed E-state index contributed by atoms with van der Waals surface area (Å²) >= 11 is 0. The zero-order chi connectivity index (χ0) is 21.6. The Morgan fingerprint density at radius 1 is 0.935 bits per heavy atom. The van der Waals surface area contributed by atoms with E-state index in [0.717, 1.165) is 39.8 Å². The fourth-order valence-electron chi connectivity index (χ4n) is 3.45. The molecule has 0 saturated carbocycles. The second kappa shape index (κ2) is 9.30. The minimum absolute atomic E-state index is 0.0398. The number of benzene rings is 3. The van der Waals surface area contributed by atoms with E-state index in [-0.39, 0.29) is 5.91 Å². The lowest BCUT2D eigenvalue weighted by molar-refractivity contribution is -0.115. The average Bonchev–Trinajstić information content (AvgIpc) is 2.79. The number of amides is 1. The zero-order valence-electron chi connectivity index (χ0n) is 17.4. The molecule has 154 valence electrons. The van der Waals surface area contributed by atoms with Crippen LogP contribution in [-0.2, 0) is 11.2 Å². The number of hydrogen-bond acceptors (Lipinski definition) is 4. The topological polar surface area (TPSA) is 78.7 Å². The van der Waals surface area contributed by atoms with Crippen LogP contribution in [0.25, 0.3) is 22.2 Å². The molecule has 2 N–H and O–H groups in total. The van der Waals surface area contributed by atoms with E-state index in [4.69, 9.17) is 5.41 Å². The molecule has 1 amide bonds. The average molecular weight is 409 g/mol. The van der Waals surface area contributed by atoms with Gasteiger partial charge in [-0.1, -0.05) is 61.9 Å². The highest BCUT2D eigenvalue weighted by molar-refractivity contribution is 5.97. The summed E-state index contributed by atoms with van der Waals surface area (Å²) in [7, 11) is 0. The summed E-state index contributed by atoms with van der Waals surface area (Å²) in [6.45, 7) is 2.05. The summed E-state index contributed by atoms with van der Waals surface area (Å²) in [4.78, 5) is 21.4. The fraction of sp³-hybridized carbons (Fsp3) is 0.154. The highest BCUT2D eigenvalue weighted by Crippen LogP contribution is 2.24. The quantitative estimate of drug-likeness (QED) is 0.388. The lowest BCUT2D eigenvalue weighted by Crippen LogP contribution is -2.14. The molecule has 0 saturated heterocycles. The third-order valence-electron chi connectivity index (χ3n) is 5.06. The van der Waals surface area contributed by atoms with Crippen molar-refractivity contribution in [2.75, 3.05) is 5.32 Å². The summed E-state index contributed by atoms with van der Waals surface area (Å²) in [6, 6.07) is 23.4. The SMILES string of the molecule is CCCC(=N)c1cnc2ccc(-c3ccc(NC(=O)Cc4ccccc4)cc3)cc2n1. The van der Waals surface area contributed by atoms with Gasteiger partial charge < -0.3 is 10.7 Å². The van der Waals surface area contributed by atoms with E-state index in [1.807, 2.05) is 72.8 Å². The first-order chi connectivity index (χ1) is 15.1. The van der Waals surface area contributed by atoms with Crippen LogP contribution in [0.4, 0.5) is 5.69 Å². The normalized spacial score (nSPS) is 10.7. The molecule has 3 aromatic carbocycles. The molecule has 5 nitrogen and oxygen atoms in total. The third-order valence-corrected chi connectivity index (χ3v) is 5.06. The Kier molecular flexibility index (Phi) is 6.13. The fourth-order valence-corrected chi connectivity index (χ4v) is 3.45. The third kappa shape index (κ3) is 5.01. The maximum Gasteiger partial charge on any atom is 0.228 e. The number of carbonyl (C=O) groups is 1. The van der Waals surface area contributed by atoms with Crippen LogP contribution in [0.5, 0.6) is 0 Å². The van der Waals surface area contributed by atoms with E-state index in [1.54, 1.807) is 6.20 Å². The Morgan fingerprint density at radius 2 is 1.68 bits per heavy atom. The van der Waals surface area contributed by atoms with Crippen molar-refractivity contribution in [3.05, 3.63) is 90.3 Å². The lowest BCUT2D eigenvalue weighted by Gasteiger charge is -2.08. The van der Waals surface area contributed by atoms with Gasteiger partial charge in [0.05, 0.1) is 29.4 Å². The Hall–Kier alpha value is -3.86. The van der Waals surface area contributed by atoms with Gasteiger partial charge in [-0.15, -0.1) is 0 Å². The predicted octanol–water partition coefficient (Wildman–Crippen LogP) is 5.65. The number of carbonyl (C=O) groups excluding carboxylic acids is 1. The largest absolute Gasteiger partial charge is 0.326 e. The monoisotopic (exact) mass is 408 g/mol. The van der Waals surface area contributed by atoms with Gasteiger partial charge in [-0.05, 0) is 47.4 Å². The van der Waals surface area contributed by atoms with Crippen molar-refractivity contribution in [1.29, 1.82) is 5.41 Å². The van der Waals surface area contributed by atoms with Gasteiger partial charge in [0.1, 0.15) is 5.69 Å². The molecular weight excluding hydrogens is 384 g/mol. The van der Waals surface area contributed by atoms with Gasteiger partial charge in [-0.3, -0.25) is 9.78 Å². The van der Waals surface area contributed by atoms with E-state index >= 15 is 0 Å². The van der Waals surface area contributed by atoms with Gasteiger partial charge >= 0.3 is 0 Å². The first kappa shape index (κ1) is 20.4. The van der Waals surface area contributed by atoms with Crippen molar-refractivity contribution in [3.63, 3.8) is 0 Å². The van der Waals surface area contributed by atoms with E-state index in [2.05, 4.69) is 22.2 Å². The molecule has 0 aliphatic carbocycles. The Balaban J connectivity index is 1.50. The van der Waals surface area contributed by atoms with E-state index in [9.17, 15) is 4.79 Å². The van der Waals surface area contributed by atoms with Crippen LogP contribution in [0.2, 0.25) is 0 Å². The maximum absolute atomic E-state index is 12.3. The number of anilines is 1. The van der Waals surface area contributed by atoms with Crippen molar-refractivity contribution < 1.29 is 4.79 Å². The van der Waals surface area contributed by atoms with Gasteiger partial charge in [-0.2, -0.15) is 0 Å². The highest BCUT2D eigenvalue weighted by atomic mass is 16.1. The Morgan fingerprint density at radius 3 is 2.42 bits per heavy atom. The minimum Gasteiger partial charge on any atom is -0.326 e. The van der Waals surface area contributed by atoms with Crippen LogP contribution in [0.15, 0.2) is 79.0 Å². The van der Waals surface area contributed by atoms with Gasteiger partial charge in [0, 0.05) is 5.69 Å². The number of aromatic nitrogens is 2. The van der Waals surface area contributed by atoms with Crippen LogP contribution in [0.1, 0.15) is 31.0 Å². The lowest BCUT2D eigenvalue weighted by atomic mass is 10.0. The van der Waals surface area contributed by atoms with Crippen LogP contribution >= 0.6 is 0 Å². The molecule has 0 unspecified atom stereocenters. The molecule has 0 atom stereocenters. The highest BCUT2D eigenvalue weighted by Gasteiger charge is 2.08. The molecule has 0 radical (unpaired) electrons. The molecule has 5 heteroatoms. The van der Waals surface area contributed by atoms with Crippen molar-refractivity contribution in [2.45, 2.75) is 26.2 Å². The standard InChI is InChI=1S/C26H24N4O/c1-2-6-22(27)25-17-28-23-14-11-20(16-24(23)30-25)19-9-12-21(13-10-19)29-26(31)15-18-7-4-3-5-8-18/h3-5,7-14,16-17,27H,2,6,15H2,1H3,(H,29,31). The van der Waals surface area contributed by atoms with Crippen molar-refractivity contribution >= 4 is 28.3 Å². The second-order valence-corrected chi connectivity index (χ2v) is 7.48. The molecule has 0 aliphatic rings. The first-order valence-corrected chi connectivity index (χ1v) is 10.4. The van der Waals surface area contributed by atoms with E-state index in [1.165, 1.54) is 0 Å². The Labute approximate surface area is 181 Å². The maximum atomic E-state index is 12.3. The summed E-state index contributed by atoms with van der Waals surface area (Å²) in [5.74, 6) is -0.0398. The number of rotatable bonds is 7. The molecule has 0 fully saturated rings. The van der Waals surface area contributed by atoms with E-state index in [0.29, 0.717) is 24.2 Å². The van der Waals surface area contributed by atoms with Crippen LogP contribution in [-0.4, -0.2) is 21.6 Å². The number of nitrogens with one attached hydrogen (secondary N) is 2. The van der Waals surface area contributed by atoms with Crippen molar-refractivity contribution in [1.82, 2.24) is 9.97 Å². The molecule has 0 spiro atoms. The van der Waals surface area contributed by atoms with E-state index < -0.39 is 0 Å². The molecule has 0 bridgehead atoms. The van der Waals surface area contributed by atoms with Gasteiger partial charge in [0.15, 0.2) is 0 Å². The van der Waals surface area contributed by atoms with Gasteiger partial charge in [-0.25, -0.2) is 4.98 Å². The number of fused-ring (bicyclic) bond motifs is 1. The van der Waals surface area contributed by atoms with Crippen LogP contribution < -0.4 is 5.32 Å². The summed E-state index contributed by atoms with van der Waals surface area (Å²) in [5, 5.41) is 11.1. The molecular formula is C26H24N4O. The van der Waals surface area contributed by atoms with Gasteiger partial charge in [0.25, 0.3) is 0 Å². The molecule has 1 aromatic heterocycles.